The predicted molar refractivity (Wildman–Crippen MR) is 170 cm³/mol. The van der Waals surface area contributed by atoms with Gasteiger partial charge in [0.25, 0.3) is 5.91 Å². The van der Waals surface area contributed by atoms with Gasteiger partial charge < -0.3 is 20.4 Å². The Balaban J connectivity index is 1.05. The number of benzene rings is 2. The maximum atomic E-state index is 13.4. The van der Waals surface area contributed by atoms with Crippen LogP contribution in [0.1, 0.15) is 54.2 Å². The van der Waals surface area contributed by atoms with Crippen LogP contribution in [0, 0.1) is 11.8 Å². The lowest BCUT2D eigenvalue weighted by molar-refractivity contribution is -0.134. The Kier molecular flexibility index (Phi) is 8.51. The van der Waals surface area contributed by atoms with Crippen molar-refractivity contribution in [2.24, 2.45) is 0 Å². The summed E-state index contributed by atoms with van der Waals surface area (Å²) in [6, 6.07) is 19.0. The molecule has 2 aromatic heterocycles. The highest BCUT2D eigenvalue weighted by Gasteiger charge is 2.36. The van der Waals surface area contributed by atoms with Crippen molar-refractivity contribution in [3.05, 3.63) is 95.9 Å². The number of rotatable bonds is 5. The number of likely N-dealkylation sites (tertiary alicyclic amines) is 2. The van der Waals surface area contributed by atoms with Gasteiger partial charge in [-0.2, -0.15) is 0 Å². The van der Waals surface area contributed by atoms with Gasteiger partial charge in [0.1, 0.15) is 23.6 Å². The summed E-state index contributed by atoms with van der Waals surface area (Å²) < 4.78 is 0. The third-order valence-corrected chi connectivity index (χ3v) is 8.17. The van der Waals surface area contributed by atoms with Crippen LogP contribution in [0.3, 0.4) is 0 Å². The zero-order valence-electron chi connectivity index (χ0n) is 24.8. The third kappa shape index (κ3) is 6.53. The molecule has 10 nitrogen and oxygen atoms in total. The minimum atomic E-state index is -0.612. The van der Waals surface area contributed by atoms with Crippen LogP contribution in [0.4, 0.5) is 11.5 Å². The lowest BCUT2D eigenvalue weighted by Crippen LogP contribution is -2.43. The molecule has 2 atom stereocenters. The van der Waals surface area contributed by atoms with Gasteiger partial charge >= 0.3 is 0 Å². The first-order valence-corrected chi connectivity index (χ1v) is 15.0. The van der Waals surface area contributed by atoms with Gasteiger partial charge in [0, 0.05) is 54.6 Å². The quantitative estimate of drug-likeness (QED) is 0.331. The Labute approximate surface area is 260 Å². The number of anilines is 2. The standard InChI is InChI=1S/C35H32N6O4/c1-23(42)40-20-4-8-29(40)33(43)38-27-15-12-24(13-16-27)10-11-25-14-17-31(37-22-25)39-34(44)30-9-5-21-41(30)35(45)32-28-7-3-2-6-26(28)18-19-36-32/h2-3,6-7,12-19,22,29-30H,4-5,8-9,20-21H2,1H3,(H,38,43)(H,37,39,44)/t29-,30-/m0/s1. The molecule has 10 heteroatoms. The molecule has 2 saturated heterocycles. The van der Waals surface area contributed by atoms with Crippen LogP contribution in [-0.4, -0.2) is 68.6 Å². The lowest BCUT2D eigenvalue weighted by Gasteiger charge is -2.24. The topological polar surface area (TPSA) is 125 Å². The Morgan fingerprint density at radius 2 is 1.42 bits per heavy atom. The van der Waals surface area contributed by atoms with E-state index >= 15 is 0 Å². The van der Waals surface area contributed by atoms with E-state index in [2.05, 4.69) is 32.4 Å². The number of carbonyl (C=O) groups is 4. The first-order valence-electron chi connectivity index (χ1n) is 15.0. The van der Waals surface area contributed by atoms with Gasteiger partial charge in [-0.05, 0) is 73.5 Å². The zero-order valence-corrected chi connectivity index (χ0v) is 24.8. The minimum absolute atomic E-state index is 0.0920. The lowest BCUT2D eigenvalue weighted by atomic mass is 10.1. The fraction of sp³-hybridized carbons (Fsp3) is 0.257. The van der Waals surface area contributed by atoms with E-state index in [9.17, 15) is 19.2 Å². The van der Waals surface area contributed by atoms with E-state index in [1.54, 1.807) is 46.5 Å². The molecule has 45 heavy (non-hydrogen) atoms. The maximum absolute atomic E-state index is 13.4. The van der Waals surface area contributed by atoms with Crippen LogP contribution in [0.2, 0.25) is 0 Å². The van der Waals surface area contributed by atoms with E-state index < -0.39 is 12.1 Å². The van der Waals surface area contributed by atoms with E-state index in [1.165, 1.54) is 6.92 Å². The molecule has 0 bridgehead atoms. The molecular weight excluding hydrogens is 568 g/mol. The highest BCUT2D eigenvalue weighted by atomic mass is 16.2. The Morgan fingerprint density at radius 1 is 0.756 bits per heavy atom. The van der Waals surface area contributed by atoms with Crippen molar-refractivity contribution in [3.8, 4) is 11.8 Å². The van der Waals surface area contributed by atoms with E-state index in [4.69, 9.17) is 0 Å². The van der Waals surface area contributed by atoms with Gasteiger partial charge in [-0.15, -0.1) is 0 Å². The van der Waals surface area contributed by atoms with Crippen molar-refractivity contribution >= 4 is 45.9 Å². The van der Waals surface area contributed by atoms with Crippen LogP contribution in [0.5, 0.6) is 0 Å². The molecule has 2 aromatic carbocycles. The fourth-order valence-electron chi connectivity index (χ4n) is 5.88. The number of hydrogen-bond donors (Lipinski definition) is 2. The summed E-state index contributed by atoms with van der Waals surface area (Å²) in [6.45, 7) is 2.57. The van der Waals surface area contributed by atoms with Crippen molar-refractivity contribution in [2.45, 2.75) is 44.7 Å². The van der Waals surface area contributed by atoms with Crippen molar-refractivity contribution in [1.29, 1.82) is 0 Å². The van der Waals surface area contributed by atoms with Gasteiger partial charge in [-0.1, -0.05) is 36.1 Å². The van der Waals surface area contributed by atoms with Gasteiger partial charge in [0.05, 0.1) is 0 Å². The first kappa shape index (κ1) is 29.5. The molecule has 0 unspecified atom stereocenters. The predicted octanol–water partition coefficient (Wildman–Crippen LogP) is 4.22. The average molecular weight is 601 g/mol. The second-order valence-corrected chi connectivity index (χ2v) is 11.1. The number of nitrogens with one attached hydrogen (secondary N) is 2. The second-order valence-electron chi connectivity index (χ2n) is 11.1. The van der Waals surface area contributed by atoms with E-state index in [0.717, 1.165) is 29.2 Å². The number of nitrogens with zero attached hydrogens (tertiary/aromatic N) is 4. The SMILES string of the molecule is CC(=O)N1CCC[C@H]1C(=O)Nc1ccc(C#Cc2ccc(NC(=O)[C@@H]3CCCN3C(=O)c3nccc4ccccc34)nc2)cc1. The number of pyridine rings is 2. The summed E-state index contributed by atoms with van der Waals surface area (Å²) in [5.41, 5.74) is 2.40. The molecule has 4 amide bonds. The molecule has 6 rings (SSSR count). The number of aromatic nitrogens is 2. The van der Waals surface area contributed by atoms with Crippen molar-refractivity contribution < 1.29 is 19.2 Å². The molecule has 2 N–H and O–H groups in total. The summed E-state index contributed by atoms with van der Waals surface area (Å²) >= 11 is 0. The summed E-state index contributed by atoms with van der Waals surface area (Å²) in [5.74, 6) is 5.68. The summed E-state index contributed by atoms with van der Waals surface area (Å²) in [5, 5.41) is 7.41. The summed E-state index contributed by atoms with van der Waals surface area (Å²) in [6.07, 6.45) is 5.96. The molecule has 4 aromatic rings. The van der Waals surface area contributed by atoms with Crippen molar-refractivity contribution in [2.75, 3.05) is 23.7 Å². The van der Waals surface area contributed by atoms with Gasteiger partial charge in [-0.25, -0.2) is 4.98 Å². The molecule has 226 valence electrons. The average Bonchev–Trinajstić information content (AvgIpc) is 3.76. The molecule has 0 radical (unpaired) electrons. The molecule has 2 aliphatic rings. The van der Waals surface area contributed by atoms with Gasteiger partial charge in [0.2, 0.25) is 17.7 Å². The fourth-order valence-corrected chi connectivity index (χ4v) is 5.88. The minimum Gasteiger partial charge on any atom is -0.331 e. The monoisotopic (exact) mass is 600 g/mol. The number of carbonyl (C=O) groups excluding carboxylic acids is 4. The van der Waals surface area contributed by atoms with Gasteiger partial charge in [0.15, 0.2) is 0 Å². The Hall–Kier alpha value is -5.56. The molecular formula is C35H32N6O4. The maximum Gasteiger partial charge on any atom is 0.273 e. The normalized spacial score (nSPS) is 17.4. The molecule has 0 spiro atoms. The van der Waals surface area contributed by atoms with Crippen LogP contribution < -0.4 is 10.6 Å². The largest absolute Gasteiger partial charge is 0.331 e. The van der Waals surface area contributed by atoms with Crippen LogP contribution in [-0.2, 0) is 14.4 Å². The molecule has 4 heterocycles. The molecule has 2 fully saturated rings. The third-order valence-electron chi connectivity index (χ3n) is 8.17. The number of hydrogen-bond acceptors (Lipinski definition) is 6. The van der Waals surface area contributed by atoms with Crippen LogP contribution in [0.15, 0.2) is 79.1 Å². The van der Waals surface area contributed by atoms with Crippen molar-refractivity contribution in [3.63, 3.8) is 0 Å². The molecule has 2 aliphatic heterocycles. The Bertz CT molecular complexity index is 1820. The highest BCUT2D eigenvalue weighted by molar-refractivity contribution is 6.07. The van der Waals surface area contributed by atoms with E-state index in [-0.39, 0.29) is 23.6 Å². The summed E-state index contributed by atoms with van der Waals surface area (Å²) in [7, 11) is 0. The van der Waals surface area contributed by atoms with Crippen molar-refractivity contribution in [1.82, 2.24) is 19.8 Å². The number of amides is 4. The van der Waals surface area contributed by atoms with E-state index in [0.29, 0.717) is 48.7 Å². The first-order chi connectivity index (χ1) is 21.9. The highest BCUT2D eigenvalue weighted by Crippen LogP contribution is 2.25. The van der Waals surface area contributed by atoms with Crippen LogP contribution >= 0.6 is 0 Å². The molecule has 0 saturated carbocycles. The smallest absolute Gasteiger partial charge is 0.273 e. The zero-order chi connectivity index (χ0) is 31.3. The van der Waals surface area contributed by atoms with Gasteiger partial charge in [-0.3, -0.25) is 24.2 Å². The number of fused-ring (bicyclic) bond motifs is 1. The molecule has 0 aliphatic carbocycles. The van der Waals surface area contributed by atoms with E-state index in [1.807, 2.05) is 42.5 Å². The Morgan fingerprint density at radius 3 is 2.16 bits per heavy atom. The second kappa shape index (κ2) is 13.0. The van der Waals surface area contributed by atoms with Crippen LogP contribution in [0.25, 0.3) is 10.8 Å². The summed E-state index contributed by atoms with van der Waals surface area (Å²) in [4.78, 5) is 63.0.